The Morgan fingerprint density at radius 2 is 2.10 bits per heavy atom. The predicted octanol–water partition coefficient (Wildman–Crippen LogP) is 1.63. The summed E-state index contributed by atoms with van der Waals surface area (Å²) in [6.07, 6.45) is -0.453. The molecule has 4 nitrogen and oxygen atoms in total. The van der Waals surface area contributed by atoms with Crippen LogP contribution >= 0.6 is 0 Å². The van der Waals surface area contributed by atoms with Crippen LogP contribution in [-0.2, 0) is 9.53 Å². The van der Waals surface area contributed by atoms with Crippen molar-refractivity contribution < 1.29 is 13.9 Å². The van der Waals surface area contributed by atoms with Crippen LogP contribution in [0.5, 0.6) is 0 Å². The molecule has 0 aromatic heterocycles. The number of halogens is 1. The quantitative estimate of drug-likeness (QED) is 0.881. The smallest absolute Gasteiger partial charge is 0.250 e. The molecule has 0 bridgehead atoms. The Hall–Kier alpha value is -1.46. The van der Waals surface area contributed by atoms with Crippen molar-refractivity contribution in [1.82, 2.24) is 10.6 Å². The van der Waals surface area contributed by atoms with Gasteiger partial charge in [-0.25, -0.2) is 4.39 Å². The Kier molecular flexibility index (Phi) is 5.09. The molecule has 1 aliphatic heterocycles. The van der Waals surface area contributed by atoms with Crippen LogP contribution in [0.3, 0.4) is 0 Å². The van der Waals surface area contributed by atoms with Gasteiger partial charge in [-0.3, -0.25) is 4.79 Å². The standard InChI is InChI=1S/C15H21FN2O2/c1-10(2)14(11-3-5-12(16)6-4-11)18-15(19)13-9-17-7-8-20-13/h3-6,10,13-14,17H,7-9H2,1-2H3,(H,18,19). The van der Waals surface area contributed by atoms with Gasteiger partial charge < -0.3 is 15.4 Å². The van der Waals surface area contributed by atoms with Gasteiger partial charge in [-0.05, 0) is 23.6 Å². The van der Waals surface area contributed by atoms with Crippen molar-refractivity contribution in [2.75, 3.05) is 19.7 Å². The van der Waals surface area contributed by atoms with Crippen LogP contribution < -0.4 is 10.6 Å². The second-order valence-corrected chi connectivity index (χ2v) is 5.35. The number of carbonyl (C=O) groups excluding carboxylic acids is 1. The molecule has 0 aliphatic carbocycles. The summed E-state index contributed by atoms with van der Waals surface area (Å²) in [6, 6.07) is 6.10. The van der Waals surface area contributed by atoms with Gasteiger partial charge in [0.25, 0.3) is 5.91 Å². The molecule has 0 radical (unpaired) electrons. The topological polar surface area (TPSA) is 50.4 Å². The monoisotopic (exact) mass is 280 g/mol. The summed E-state index contributed by atoms with van der Waals surface area (Å²) in [6.45, 7) is 5.89. The lowest BCUT2D eigenvalue weighted by molar-refractivity contribution is -0.135. The second kappa shape index (κ2) is 6.81. The molecule has 5 heteroatoms. The summed E-state index contributed by atoms with van der Waals surface area (Å²) in [5.41, 5.74) is 0.901. The van der Waals surface area contributed by atoms with E-state index < -0.39 is 6.10 Å². The molecule has 20 heavy (non-hydrogen) atoms. The van der Waals surface area contributed by atoms with Gasteiger partial charge in [0.2, 0.25) is 0 Å². The molecule has 0 saturated carbocycles. The zero-order valence-corrected chi connectivity index (χ0v) is 11.9. The highest BCUT2D eigenvalue weighted by Gasteiger charge is 2.26. The van der Waals surface area contributed by atoms with Crippen molar-refractivity contribution in [3.63, 3.8) is 0 Å². The zero-order valence-electron chi connectivity index (χ0n) is 11.9. The average Bonchev–Trinajstić information content (AvgIpc) is 2.46. The van der Waals surface area contributed by atoms with E-state index in [0.717, 1.165) is 12.1 Å². The summed E-state index contributed by atoms with van der Waals surface area (Å²) in [4.78, 5) is 12.2. The molecule has 1 amide bonds. The lowest BCUT2D eigenvalue weighted by atomic mass is 9.95. The summed E-state index contributed by atoms with van der Waals surface area (Å²) in [5, 5.41) is 6.13. The number of benzene rings is 1. The number of nitrogens with one attached hydrogen (secondary N) is 2. The Morgan fingerprint density at radius 1 is 1.40 bits per heavy atom. The number of carbonyl (C=O) groups is 1. The average molecular weight is 280 g/mol. The van der Waals surface area contributed by atoms with Gasteiger partial charge >= 0.3 is 0 Å². The second-order valence-electron chi connectivity index (χ2n) is 5.35. The molecule has 1 heterocycles. The van der Waals surface area contributed by atoms with Crippen molar-refractivity contribution >= 4 is 5.91 Å². The molecular weight excluding hydrogens is 259 g/mol. The lowest BCUT2D eigenvalue weighted by Gasteiger charge is -2.28. The Bertz CT molecular complexity index is 442. The molecule has 110 valence electrons. The first-order chi connectivity index (χ1) is 9.58. The van der Waals surface area contributed by atoms with E-state index in [0.29, 0.717) is 13.2 Å². The van der Waals surface area contributed by atoms with Crippen LogP contribution in [0.1, 0.15) is 25.5 Å². The summed E-state index contributed by atoms with van der Waals surface area (Å²) in [7, 11) is 0. The van der Waals surface area contributed by atoms with Crippen LogP contribution in [0.25, 0.3) is 0 Å². The van der Waals surface area contributed by atoms with E-state index in [1.54, 1.807) is 12.1 Å². The minimum atomic E-state index is -0.453. The molecular formula is C15H21FN2O2. The van der Waals surface area contributed by atoms with Crippen LogP contribution in [0.2, 0.25) is 0 Å². The SMILES string of the molecule is CC(C)C(NC(=O)C1CNCCO1)c1ccc(F)cc1. The maximum Gasteiger partial charge on any atom is 0.250 e. The van der Waals surface area contributed by atoms with E-state index in [1.165, 1.54) is 12.1 Å². The molecule has 0 spiro atoms. The predicted molar refractivity (Wildman–Crippen MR) is 74.7 cm³/mol. The molecule has 2 atom stereocenters. The van der Waals surface area contributed by atoms with Crippen molar-refractivity contribution in [2.24, 2.45) is 5.92 Å². The number of ether oxygens (including phenoxy) is 1. The van der Waals surface area contributed by atoms with E-state index in [4.69, 9.17) is 4.74 Å². The fourth-order valence-electron chi connectivity index (χ4n) is 2.29. The first-order valence-electron chi connectivity index (χ1n) is 6.96. The third kappa shape index (κ3) is 3.77. The van der Waals surface area contributed by atoms with Crippen molar-refractivity contribution in [2.45, 2.75) is 26.0 Å². The molecule has 2 N–H and O–H groups in total. The first-order valence-corrected chi connectivity index (χ1v) is 6.96. The van der Waals surface area contributed by atoms with Gasteiger partial charge in [0, 0.05) is 13.1 Å². The van der Waals surface area contributed by atoms with Crippen LogP contribution in [-0.4, -0.2) is 31.7 Å². The lowest BCUT2D eigenvalue weighted by Crippen LogP contribution is -2.49. The van der Waals surface area contributed by atoms with Crippen molar-refractivity contribution in [3.05, 3.63) is 35.6 Å². The Balaban J connectivity index is 2.05. The van der Waals surface area contributed by atoms with Gasteiger partial charge in [-0.15, -0.1) is 0 Å². The van der Waals surface area contributed by atoms with E-state index in [9.17, 15) is 9.18 Å². The highest BCUT2D eigenvalue weighted by molar-refractivity contribution is 5.81. The minimum absolute atomic E-state index is 0.125. The molecule has 2 rings (SSSR count). The molecule has 1 aromatic rings. The normalized spacial score (nSPS) is 20.7. The third-order valence-electron chi connectivity index (χ3n) is 3.41. The number of rotatable bonds is 4. The largest absolute Gasteiger partial charge is 0.366 e. The van der Waals surface area contributed by atoms with Gasteiger partial charge in [-0.1, -0.05) is 26.0 Å². The zero-order chi connectivity index (χ0) is 14.5. The fourth-order valence-corrected chi connectivity index (χ4v) is 2.29. The Morgan fingerprint density at radius 3 is 2.65 bits per heavy atom. The van der Waals surface area contributed by atoms with Crippen LogP contribution in [0.4, 0.5) is 4.39 Å². The molecule has 1 fully saturated rings. The van der Waals surface area contributed by atoms with E-state index in [2.05, 4.69) is 10.6 Å². The van der Waals surface area contributed by atoms with Crippen molar-refractivity contribution in [3.8, 4) is 0 Å². The van der Waals surface area contributed by atoms with E-state index >= 15 is 0 Å². The maximum atomic E-state index is 13.0. The molecule has 1 aromatic carbocycles. The van der Waals surface area contributed by atoms with E-state index in [-0.39, 0.29) is 23.7 Å². The van der Waals surface area contributed by atoms with Crippen LogP contribution in [0, 0.1) is 11.7 Å². The summed E-state index contributed by atoms with van der Waals surface area (Å²) >= 11 is 0. The van der Waals surface area contributed by atoms with Gasteiger partial charge in [0.05, 0.1) is 12.6 Å². The maximum absolute atomic E-state index is 13.0. The number of amides is 1. The highest BCUT2D eigenvalue weighted by Crippen LogP contribution is 2.22. The van der Waals surface area contributed by atoms with Crippen LogP contribution in [0.15, 0.2) is 24.3 Å². The Labute approximate surface area is 118 Å². The molecule has 1 saturated heterocycles. The number of hydrogen-bond acceptors (Lipinski definition) is 3. The van der Waals surface area contributed by atoms with E-state index in [1.807, 2.05) is 13.8 Å². The minimum Gasteiger partial charge on any atom is -0.366 e. The number of morpholine rings is 1. The highest BCUT2D eigenvalue weighted by atomic mass is 19.1. The van der Waals surface area contributed by atoms with Gasteiger partial charge in [0.1, 0.15) is 11.9 Å². The molecule has 1 aliphatic rings. The number of hydrogen-bond donors (Lipinski definition) is 2. The van der Waals surface area contributed by atoms with Crippen molar-refractivity contribution in [1.29, 1.82) is 0 Å². The fraction of sp³-hybridized carbons (Fsp3) is 0.533. The molecule has 2 unspecified atom stereocenters. The van der Waals surface area contributed by atoms with Gasteiger partial charge in [0.15, 0.2) is 0 Å². The van der Waals surface area contributed by atoms with Gasteiger partial charge in [-0.2, -0.15) is 0 Å². The summed E-state index contributed by atoms with van der Waals surface area (Å²) in [5.74, 6) is -0.191. The first kappa shape index (κ1) is 14.9. The summed E-state index contributed by atoms with van der Waals surface area (Å²) < 4.78 is 18.4. The third-order valence-corrected chi connectivity index (χ3v) is 3.41.